The zero-order chi connectivity index (χ0) is 24.9. The largest absolute Gasteiger partial charge is 0.384 e. The molecule has 11 nitrogen and oxygen atoms in total. The van der Waals surface area contributed by atoms with Crippen molar-refractivity contribution in [2.45, 2.75) is 18.9 Å². The van der Waals surface area contributed by atoms with Gasteiger partial charge in [0, 0.05) is 50.6 Å². The lowest BCUT2D eigenvalue weighted by molar-refractivity contribution is -0.127. The number of hydrogen-bond acceptors (Lipinski definition) is 9. The minimum atomic E-state index is -0.0559. The minimum Gasteiger partial charge on any atom is -0.384 e. The van der Waals surface area contributed by atoms with E-state index < -0.39 is 0 Å². The number of nitrogens with zero attached hydrogens (tertiary/aromatic N) is 6. The first-order chi connectivity index (χ1) is 17.6. The van der Waals surface area contributed by atoms with Gasteiger partial charge in [-0.1, -0.05) is 6.58 Å². The van der Waals surface area contributed by atoms with Crippen LogP contribution in [0.5, 0.6) is 0 Å². The fraction of sp³-hybridized carbons (Fsp3) is 0.440. The number of morpholine rings is 1. The van der Waals surface area contributed by atoms with Gasteiger partial charge in [-0.3, -0.25) is 9.69 Å². The van der Waals surface area contributed by atoms with Gasteiger partial charge in [-0.2, -0.15) is 9.97 Å². The predicted octanol–water partition coefficient (Wildman–Crippen LogP) is 2.25. The number of hydrogen-bond donors (Lipinski definition) is 3. The van der Waals surface area contributed by atoms with Gasteiger partial charge >= 0.3 is 0 Å². The van der Waals surface area contributed by atoms with Gasteiger partial charge in [0.1, 0.15) is 5.52 Å². The van der Waals surface area contributed by atoms with E-state index in [1.807, 2.05) is 33.7 Å². The van der Waals surface area contributed by atoms with Crippen LogP contribution in [0.1, 0.15) is 18.9 Å². The van der Waals surface area contributed by atoms with Gasteiger partial charge in [0.05, 0.1) is 25.6 Å². The summed E-state index contributed by atoms with van der Waals surface area (Å²) in [6.07, 6.45) is 4.94. The Hall–Kier alpha value is -3.70. The average molecular weight is 492 g/mol. The number of likely N-dealkylation sites (tertiary alicyclic amines) is 1. The first kappa shape index (κ1) is 24.0. The highest BCUT2D eigenvalue weighted by atomic mass is 16.5. The van der Waals surface area contributed by atoms with Crippen LogP contribution in [-0.4, -0.2) is 87.7 Å². The van der Waals surface area contributed by atoms with Gasteiger partial charge in [-0.25, -0.2) is 4.98 Å². The van der Waals surface area contributed by atoms with Crippen LogP contribution in [0.3, 0.4) is 0 Å². The number of aromatic nitrogens is 4. The zero-order valence-electron chi connectivity index (χ0n) is 20.4. The number of nitrogens with two attached hydrogens (primary N) is 1. The molecule has 1 atom stereocenters. The maximum absolute atomic E-state index is 12.1. The van der Waals surface area contributed by atoms with Crippen molar-refractivity contribution in [3.63, 3.8) is 0 Å². The van der Waals surface area contributed by atoms with Crippen LogP contribution >= 0.6 is 0 Å². The smallest absolute Gasteiger partial charge is 0.246 e. The fourth-order valence-corrected chi connectivity index (χ4v) is 4.76. The number of ether oxygens (including phenoxy) is 1. The molecule has 11 heteroatoms. The number of amides is 1. The number of nitrogens with one attached hydrogen (secondary N) is 2. The molecule has 5 rings (SSSR count). The van der Waals surface area contributed by atoms with Crippen molar-refractivity contribution >= 4 is 40.2 Å². The Morgan fingerprint density at radius 2 is 1.94 bits per heavy atom. The highest BCUT2D eigenvalue weighted by molar-refractivity contribution is 5.87. The summed E-state index contributed by atoms with van der Waals surface area (Å²) in [7, 11) is 0. The Balaban J connectivity index is 1.25. The van der Waals surface area contributed by atoms with Crippen LogP contribution in [0.15, 0.2) is 43.2 Å². The van der Waals surface area contributed by atoms with Crippen molar-refractivity contribution in [3.8, 4) is 0 Å². The molecule has 2 fully saturated rings. The van der Waals surface area contributed by atoms with E-state index in [4.69, 9.17) is 15.5 Å². The standard InChI is InChI=1S/C25H33N9O2/c1-2-21(35)33-10-3-4-20(16-33)34-17-28-22-23(26)30-25(31-24(22)34)29-19-7-5-18(6-8-19)27-9-11-32-12-14-36-15-13-32/h2,5-8,17,20,27H,1,3-4,9-16H2,(H3,26,29,30,31)/t20-/m0/s1. The SMILES string of the molecule is C=CC(=O)N1CCC[C@H](n2cnc3c(N)nc(Nc4ccc(NCCN5CCOCC5)cc4)nc32)C1. The first-order valence-corrected chi connectivity index (χ1v) is 12.4. The number of nitrogen functional groups attached to an aromatic ring is 1. The number of fused-ring (bicyclic) bond motifs is 1. The zero-order valence-corrected chi connectivity index (χ0v) is 20.4. The lowest BCUT2D eigenvalue weighted by atomic mass is 10.1. The summed E-state index contributed by atoms with van der Waals surface area (Å²) in [4.78, 5) is 29.9. The Morgan fingerprint density at radius 3 is 2.72 bits per heavy atom. The molecule has 0 unspecified atom stereocenters. The van der Waals surface area contributed by atoms with Crippen molar-refractivity contribution in [1.29, 1.82) is 0 Å². The summed E-state index contributed by atoms with van der Waals surface area (Å²) >= 11 is 0. The number of carbonyl (C=O) groups excluding carboxylic acids is 1. The van der Waals surface area contributed by atoms with E-state index in [1.165, 1.54) is 6.08 Å². The molecule has 0 spiro atoms. The summed E-state index contributed by atoms with van der Waals surface area (Å²) in [6.45, 7) is 10.4. The van der Waals surface area contributed by atoms with Gasteiger partial charge in [-0.15, -0.1) is 0 Å². The molecule has 4 N–H and O–H groups in total. The maximum Gasteiger partial charge on any atom is 0.246 e. The molecular weight excluding hydrogens is 458 g/mol. The lowest BCUT2D eigenvalue weighted by Gasteiger charge is -2.32. The van der Waals surface area contributed by atoms with E-state index in [1.54, 1.807) is 6.33 Å². The van der Waals surface area contributed by atoms with Crippen molar-refractivity contribution in [1.82, 2.24) is 29.3 Å². The molecule has 2 aliphatic rings. The Morgan fingerprint density at radius 1 is 1.17 bits per heavy atom. The summed E-state index contributed by atoms with van der Waals surface area (Å²) in [5.41, 5.74) is 9.36. The maximum atomic E-state index is 12.1. The van der Waals surface area contributed by atoms with Crippen molar-refractivity contribution in [3.05, 3.63) is 43.2 Å². The number of rotatable bonds is 8. The number of carbonyl (C=O) groups is 1. The minimum absolute atomic E-state index is 0.0559. The lowest BCUT2D eigenvalue weighted by Crippen LogP contribution is -2.39. The van der Waals surface area contributed by atoms with Crippen LogP contribution in [-0.2, 0) is 9.53 Å². The van der Waals surface area contributed by atoms with Crippen molar-refractivity contribution in [2.24, 2.45) is 0 Å². The molecule has 2 saturated heterocycles. The van der Waals surface area contributed by atoms with Crippen molar-refractivity contribution in [2.75, 3.05) is 68.8 Å². The Kier molecular flexibility index (Phi) is 7.28. The van der Waals surface area contributed by atoms with Gasteiger partial charge in [-0.05, 0) is 43.2 Å². The topological polar surface area (TPSA) is 126 Å². The fourth-order valence-electron chi connectivity index (χ4n) is 4.76. The summed E-state index contributed by atoms with van der Waals surface area (Å²) in [5, 5.41) is 6.72. The number of benzene rings is 1. The monoisotopic (exact) mass is 491 g/mol. The number of anilines is 4. The predicted molar refractivity (Wildman–Crippen MR) is 140 cm³/mol. The molecule has 1 aromatic carbocycles. The average Bonchev–Trinajstić information content (AvgIpc) is 3.34. The van der Waals surface area contributed by atoms with Crippen LogP contribution in [0, 0.1) is 0 Å². The van der Waals surface area contributed by atoms with Gasteiger partial charge in [0.15, 0.2) is 11.5 Å². The van der Waals surface area contributed by atoms with E-state index in [0.29, 0.717) is 29.5 Å². The van der Waals surface area contributed by atoms with Gasteiger partial charge < -0.3 is 30.6 Å². The number of imidazole rings is 1. The van der Waals surface area contributed by atoms with Gasteiger partial charge in [0.25, 0.3) is 0 Å². The quantitative estimate of drug-likeness (QED) is 0.407. The molecule has 2 aromatic heterocycles. The second-order valence-electron chi connectivity index (χ2n) is 9.12. The molecule has 1 amide bonds. The van der Waals surface area contributed by atoms with E-state index >= 15 is 0 Å². The molecule has 36 heavy (non-hydrogen) atoms. The second-order valence-corrected chi connectivity index (χ2v) is 9.12. The molecule has 0 saturated carbocycles. The molecule has 2 aliphatic heterocycles. The van der Waals surface area contributed by atoms with E-state index in [2.05, 4.69) is 32.1 Å². The molecule has 4 heterocycles. The summed E-state index contributed by atoms with van der Waals surface area (Å²) in [5.74, 6) is 0.668. The third kappa shape index (κ3) is 5.42. The molecule has 190 valence electrons. The summed E-state index contributed by atoms with van der Waals surface area (Å²) < 4.78 is 7.40. The second kappa shape index (κ2) is 10.9. The highest BCUT2D eigenvalue weighted by Crippen LogP contribution is 2.28. The molecule has 0 radical (unpaired) electrons. The molecule has 0 bridgehead atoms. The Labute approximate surface area is 210 Å². The molecule has 3 aromatic rings. The van der Waals surface area contributed by atoms with E-state index in [0.717, 1.165) is 70.2 Å². The van der Waals surface area contributed by atoms with Crippen LogP contribution in [0.25, 0.3) is 11.2 Å². The van der Waals surface area contributed by atoms with Crippen molar-refractivity contribution < 1.29 is 9.53 Å². The van der Waals surface area contributed by atoms with E-state index in [-0.39, 0.29) is 11.9 Å². The van der Waals surface area contributed by atoms with Gasteiger partial charge in [0.2, 0.25) is 11.9 Å². The number of piperidine rings is 1. The molecule has 0 aliphatic carbocycles. The normalized spacial score (nSPS) is 18.8. The first-order valence-electron chi connectivity index (χ1n) is 12.4. The van der Waals surface area contributed by atoms with Crippen LogP contribution in [0.4, 0.5) is 23.1 Å². The summed E-state index contributed by atoms with van der Waals surface area (Å²) in [6, 6.07) is 8.09. The van der Waals surface area contributed by atoms with Crippen LogP contribution < -0.4 is 16.4 Å². The highest BCUT2D eigenvalue weighted by Gasteiger charge is 2.25. The third-order valence-electron chi connectivity index (χ3n) is 6.73. The van der Waals surface area contributed by atoms with E-state index in [9.17, 15) is 4.79 Å². The van der Waals surface area contributed by atoms with Crippen LogP contribution in [0.2, 0.25) is 0 Å². The Bertz CT molecular complexity index is 1200. The third-order valence-corrected chi connectivity index (χ3v) is 6.73. The molecular formula is C25H33N9O2.